The first-order chi connectivity index (χ1) is 14.2. The van der Waals surface area contributed by atoms with Crippen LogP contribution >= 0.6 is 24.1 Å². The minimum atomic E-state index is -0.160. The van der Waals surface area contributed by atoms with Crippen LogP contribution in [0.5, 0.6) is 5.75 Å². The average molecular weight is 424 g/mol. The van der Waals surface area contributed by atoms with Crippen LogP contribution in [-0.2, 0) is 18.7 Å². The van der Waals surface area contributed by atoms with Gasteiger partial charge in [-0.05, 0) is 53.9 Å². The van der Waals surface area contributed by atoms with Crippen LogP contribution in [0, 0.1) is 0 Å². The summed E-state index contributed by atoms with van der Waals surface area (Å²) in [5.74, 6) is -0.160. The van der Waals surface area contributed by atoms with Crippen molar-refractivity contribution >= 4 is 51.9 Å². The van der Waals surface area contributed by atoms with Gasteiger partial charge in [-0.3, -0.25) is 0 Å². The molecule has 0 saturated carbocycles. The van der Waals surface area contributed by atoms with Gasteiger partial charge >= 0.3 is 0 Å². The Hall–Kier alpha value is -2.42. The standard InChI is InChI=1S/C16H13N3O7S2/c17-10-1-6-13-9(7-10)8-14(28-26-24-22)15(16(13)20)19-18-11-2-4-12(5-3-11)27-25-23-21/h1-8,20-22H,17H2/b19-18+/i/hD. The number of hydrogen-bond acceptors (Lipinski definition) is 12. The number of rotatable bonds is 9. The van der Waals surface area contributed by atoms with Crippen LogP contribution in [0.4, 0.5) is 17.1 Å². The summed E-state index contributed by atoms with van der Waals surface area (Å²) in [6.45, 7) is 0. The van der Waals surface area contributed by atoms with Gasteiger partial charge in [-0.2, -0.15) is 5.11 Å². The number of fused-ring (bicyclic) bond motifs is 1. The van der Waals surface area contributed by atoms with E-state index in [4.69, 9.17) is 11.9 Å². The van der Waals surface area contributed by atoms with Crippen LogP contribution in [0.1, 0.15) is 0 Å². The predicted molar refractivity (Wildman–Crippen MR) is 102 cm³/mol. The molecule has 28 heavy (non-hydrogen) atoms. The zero-order valence-electron chi connectivity index (χ0n) is 14.8. The van der Waals surface area contributed by atoms with Gasteiger partial charge in [-0.1, -0.05) is 10.1 Å². The van der Waals surface area contributed by atoms with E-state index in [1.54, 1.807) is 48.5 Å². The molecule has 3 aromatic rings. The number of aromatic hydroxyl groups is 1. The molecule has 0 bridgehead atoms. The Morgan fingerprint density at radius 1 is 0.929 bits per heavy atom. The second-order valence-electron chi connectivity index (χ2n) is 5.15. The number of phenolic OH excluding ortho intramolecular Hbond substituents is 1. The number of anilines is 1. The van der Waals surface area contributed by atoms with Crippen molar-refractivity contribution in [3.8, 4) is 5.75 Å². The number of nitrogens with two attached hydrogens (primary N) is 1. The molecule has 0 aliphatic heterocycles. The van der Waals surface area contributed by atoms with Gasteiger partial charge in [0.1, 0.15) is 5.69 Å². The van der Waals surface area contributed by atoms with Crippen molar-refractivity contribution in [3.63, 3.8) is 0 Å². The Labute approximate surface area is 168 Å². The van der Waals surface area contributed by atoms with Crippen molar-refractivity contribution in [1.82, 2.24) is 0 Å². The summed E-state index contributed by atoms with van der Waals surface area (Å²) in [6.07, 6.45) is 0. The van der Waals surface area contributed by atoms with Crippen molar-refractivity contribution < 1.29 is 35.8 Å². The molecule has 0 amide bonds. The van der Waals surface area contributed by atoms with Crippen molar-refractivity contribution in [2.45, 2.75) is 9.79 Å². The topological polar surface area (TPSA) is 148 Å². The number of nitrogen functional groups attached to an aromatic ring is 1. The Morgan fingerprint density at radius 3 is 2.39 bits per heavy atom. The third-order valence-corrected chi connectivity index (χ3v) is 4.68. The summed E-state index contributed by atoms with van der Waals surface area (Å²) in [4.78, 5) is 0.964. The first-order valence-corrected chi connectivity index (χ1v) is 8.93. The minimum absolute atomic E-state index is 0.0987. The molecule has 0 radical (unpaired) electrons. The molecule has 3 aromatic carbocycles. The molecule has 0 spiro atoms. The third-order valence-electron chi connectivity index (χ3n) is 3.47. The van der Waals surface area contributed by atoms with Gasteiger partial charge in [-0.15, -0.1) is 13.8 Å². The Kier molecular flexibility index (Phi) is 6.54. The molecule has 5 N–H and O–H groups in total. The van der Waals surface area contributed by atoms with E-state index in [9.17, 15) is 5.11 Å². The van der Waals surface area contributed by atoms with Crippen molar-refractivity contribution in [2.24, 2.45) is 10.2 Å². The van der Waals surface area contributed by atoms with E-state index < -0.39 is 0 Å². The van der Waals surface area contributed by atoms with Gasteiger partial charge in [0.2, 0.25) is 0 Å². The molecule has 10 nitrogen and oxygen atoms in total. The molecular weight excluding hydrogens is 410 g/mol. The lowest BCUT2D eigenvalue weighted by atomic mass is 10.1. The monoisotopic (exact) mass is 424 g/mol. The predicted octanol–water partition coefficient (Wildman–Crippen LogP) is 5.40. The van der Waals surface area contributed by atoms with Gasteiger partial charge in [0.15, 0.2) is 7.16 Å². The lowest BCUT2D eigenvalue weighted by Gasteiger charge is -2.09. The highest BCUT2D eigenvalue weighted by Crippen LogP contribution is 2.44. The van der Waals surface area contributed by atoms with Gasteiger partial charge in [-0.25, -0.2) is 10.5 Å². The molecule has 3 rings (SSSR count). The molecule has 0 atom stereocenters. The summed E-state index contributed by atoms with van der Waals surface area (Å²) < 4.78 is 16.1. The summed E-state index contributed by atoms with van der Waals surface area (Å²) in [7, 11) is 0. The fraction of sp³-hybridized carbons (Fsp3) is 0. The maximum atomic E-state index is 10.7. The Balaban J connectivity index is 1.95. The second-order valence-corrected chi connectivity index (χ2v) is 6.67. The van der Waals surface area contributed by atoms with Gasteiger partial charge < -0.3 is 10.8 Å². The molecule has 0 saturated heterocycles. The van der Waals surface area contributed by atoms with Crippen LogP contribution in [0.2, 0.25) is 1.41 Å². The van der Waals surface area contributed by atoms with Crippen LogP contribution < -0.4 is 5.73 Å². The maximum Gasteiger partial charge on any atom is 0.156 e. The zero-order valence-corrected chi connectivity index (χ0v) is 15.4. The SMILES string of the molecule is [2H]Nc1ccc2c(O)c(/N=N/c3ccc(SOOO)cc3)c(SOOO)cc2c1. The number of hydrogen-bond donors (Lipinski definition) is 4. The normalized spacial score (nSPS) is 11.9. The van der Waals surface area contributed by atoms with Crippen LogP contribution in [-0.4, -0.2) is 15.6 Å². The van der Waals surface area contributed by atoms with E-state index in [0.29, 0.717) is 44.0 Å². The minimum Gasteiger partial charge on any atom is -0.505 e. The first kappa shape index (κ1) is 18.9. The lowest BCUT2D eigenvalue weighted by Crippen LogP contribution is -1.86. The summed E-state index contributed by atoms with van der Waals surface area (Å²) in [5, 5.41) is 43.7. The molecular formula is C16H13N3O7S2. The van der Waals surface area contributed by atoms with Gasteiger partial charge in [0.25, 0.3) is 0 Å². The smallest absolute Gasteiger partial charge is 0.156 e. The highest BCUT2D eigenvalue weighted by Gasteiger charge is 2.15. The number of azo groups is 1. The summed E-state index contributed by atoms with van der Waals surface area (Å²) in [6, 6.07) is 13.1. The number of phenols is 1. The Bertz CT molecular complexity index is 1010. The largest absolute Gasteiger partial charge is 0.505 e. The molecule has 0 aliphatic carbocycles. The van der Waals surface area contributed by atoms with E-state index >= 15 is 0 Å². The average Bonchev–Trinajstić information content (AvgIpc) is 2.76. The molecule has 0 heterocycles. The highest BCUT2D eigenvalue weighted by molar-refractivity contribution is 7.94. The van der Waals surface area contributed by atoms with E-state index in [-0.39, 0.29) is 11.4 Å². The molecule has 0 aliphatic rings. The molecule has 0 unspecified atom stereocenters. The fourth-order valence-electron chi connectivity index (χ4n) is 2.29. The molecule has 146 valence electrons. The summed E-state index contributed by atoms with van der Waals surface area (Å²) in [5.41, 5.74) is 3.37. The first-order valence-electron chi connectivity index (χ1n) is 7.95. The fourth-order valence-corrected chi connectivity index (χ4v) is 3.15. The second kappa shape index (κ2) is 9.68. The maximum absolute atomic E-state index is 10.7. The van der Waals surface area contributed by atoms with Crippen LogP contribution in [0.15, 0.2) is 68.6 Å². The zero-order chi connectivity index (χ0) is 20.6. The van der Waals surface area contributed by atoms with Crippen molar-refractivity contribution in [2.75, 3.05) is 5.73 Å². The van der Waals surface area contributed by atoms with Crippen molar-refractivity contribution in [3.05, 3.63) is 48.5 Å². The highest BCUT2D eigenvalue weighted by atomic mass is 32.2. The molecule has 0 fully saturated rings. The molecule has 0 aromatic heterocycles. The van der Waals surface area contributed by atoms with Crippen molar-refractivity contribution in [1.29, 1.82) is 0 Å². The number of benzene rings is 3. The quantitative estimate of drug-likeness (QED) is 0.116. The van der Waals surface area contributed by atoms with Gasteiger partial charge in [0.05, 0.1) is 34.7 Å². The van der Waals surface area contributed by atoms with Crippen LogP contribution in [0.3, 0.4) is 0 Å². The summed E-state index contributed by atoms with van der Waals surface area (Å²) >= 11 is 1.43. The third kappa shape index (κ3) is 4.89. The lowest BCUT2D eigenvalue weighted by molar-refractivity contribution is -0.432. The molecule has 12 heteroatoms. The van der Waals surface area contributed by atoms with E-state index in [2.05, 4.69) is 34.7 Å². The number of nitrogens with zero attached hydrogens (tertiary/aromatic N) is 2. The Morgan fingerprint density at radius 2 is 1.68 bits per heavy atom. The van der Waals surface area contributed by atoms with Gasteiger partial charge in [0, 0.05) is 16.0 Å². The van der Waals surface area contributed by atoms with E-state index in [1.807, 2.05) is 0 Å². The van der Waals surface area contributed by atoms with Crippen LogP contribution in [0.25, 0.3) is 10.8 Å². The van der Waals surface area contributed by atoms with E-state index in [0.717, 1.165) is 12.0 Å². The van der Waals surface area contributed by atoms with E-state index in [1.165, 1.54) is 0 Å².